The largest absolute Gasteiger partial charge is 0.321 e. The third kappa shape index (κ3) is 2.62. The van der Waals surface area contributed by atoms with Crippen LogP contribution < -0.4 is 5.32 Å². The molecule has 6 nitrogen and oxygen atoms in total. The van der Waals surface area contributed by atoms with Gasteiger partial charge in [-0.15, -0.1) is 11.3 Å². The molecule has 0 atom stereocenters. The van der Waals surface area contributed by atoms with Crippen LogP contribution in [0.1, 0.15) is 35.1 Å². The van der Waals surface area contributed by atoms with Gasteiger partial charge in [-0.25, -0.2) is 9.97 Å². The molecule has 1 aliphatic rings. The van der Waals surface area contributed by atoms with Gasteiger partial charge in [0.25, 0.3) is 5.91 Å². The Balaban J connectivity index is 1.48. The average molecular weight is 311 g/mol. The molecule has 1 fully saturated rings. The quantitative estimate of drug-likeness (QED) is 0.775. The summed E-state index contributed by atoms with van der Waals surface area (Å²) in [5, 5.41) is 11.8. The Morgan fingerprint density at radius 3 is 2.77 bits per heavy atom. The molecular weight excluding hydrogens is 298 g/mol. The molecule has 2 aromatic heterocycles. The Hall–Kier alpha value is -2.54. The molecule has 0 radical (unpaired) electrons. The molecule has 2 N–H and O–H groups in total. The zero-order valence-electron chi connectivity index (χ0n) is 11.6. The van der Waals surface area contributed by atoms with Gasteiger partial charge in [-0.2, -0.15) is 5.10 Å². The van der Waals surface area contributed by atoms with Crippen molar-refractivity contribution < 1.29 is 4.79 Å². The fourth-order valence-electron chi connectivity index (χ4n) is 2.17. The highest BCUT2D eigenvalue weighted by Crippen LogP contribution is 2.38. The molecule has 2 heterocycles. The molecule has 1 amide bonds. The monoisotopic (exact) mass is 311 g/mol. The number of H-pyrrole nitrogens is 1. The normalized spacial score (nSPS) is 14.0. The van der Waals surface area contributed by atoms with E-state index in [1.54, 1.807) is 10.9 Å². The second-order valence-corrected chi connectivity index (χ2v) is 5.94. The minimum absolute atomic E-state index is 0.206. The van der Waals surface area contributed by atoms with Gasteiger partial charge in [0.05, 0.1) is 5.51 Å². The van der Waals surface area contributed by atoms with Gasteiger partial charge in [-0.1, -0.05) is 0 Å². The second-order valence-electron chi connectivity index (χ2n) is 5.22. The van der Waals surface area contributed by atoms with Crippen molar-refractivity contribution >= 4 is 22.9 Å². The van der Waals surface area contributed by atoms with E-state index in [9.17, 15) is 4.79 Å². The van der Waals surface area contributed by atoms with Gasteiger partial charge in [0.1, 0.15) is 11.5 Å². The number of anilines is 1. The first kappa shape index (κ1) is 13.1. The smallest absolute Gasteiger partial charge is 0.275 e. The molecule has 1 saturated carbocycles. The Kier molecular flexibility index (Phi) is 3.19. The lowest BCUT2D eigenvalue weighted by atomic mass is 10.2. The fraction of sp³-hybridized carbons (Fsp3) is 0.200. The predicted octanol–water partition coefficient (Wildman–Crippen LogP) is 3.06. The molecule has 0 unspecified atom stereocenters. The first-order valence-corrected chi connectivity index (χ1v) is 7.96. The molecule has 22 heavy (non-hydrogen) atoms. The van der Waals surface area contributed by atoms with Gasteiger partial charge < -0.3 is 5.32 Å². The molecule has 0 bridgehead atoms. The van der Waals surface area contributed by atoms with Crippen LogP contribution in [0.5, 0.6) is 0 Å². The van der Waals surface area contributed by atoms with E-state index in [0.29, 0.717) is 17.4 Å². The predicted molar refractivity (Wildman–Crippen MR) is 83.9 cm³/mol. The molecule has 0 aliphatic heterocycles. The molecule has 110 valence electrons. The Morgan fingerprint density at radius 2 is 2.09 bits per heavy atom. The van der Waals surface area contributed by atoms with Gasteiger partial charge in [0.15, 0.2) is 5.82 Å². The molecule has 1 aromatic carbocycles. The number of thiazole rings is 1. The summed E-state index contributed by atoms with van der Waals surface area (Å²) in [5.41, 5.74) is 3.71. The maximum absolute atomic E-state index is 11.9. The van der Waals surface area contributed by atoms with E-state index in [1.807, 2.05) is 24.3 Å². The summed E-state index contributed by atoms with van der Waals surface area (Å²) in [6.07, 6.45) is 2.38. The maximum atomic E-state index is 11.9. The SMILES string of the molecule is O=C(Nc1ccc(-c2n[nH]c(C3CC3)n2)cc1)c1cscn1. The van der Waals surface area contributed by atoms with Crippen LogP contribution in [0.3, 0.4) is 0 Å². The minimum atomic E-state index is -0.206. The second kappa shape index (κ2) is 5.34. The van der Waals surface area contributed by atoms with E-state index < -0.39 is 0 Å². The van der Waals surface area contributed by atoms with Crippen LogP contribution in [-0.2, 0) is 0 Å². The number of hydrogen-bond acceptors (Lipinski definition) is 5. The zero-order valence-corrected chi connectivity index (χ0v) is 12.4. The molecule has 7 heteroatoms. The summed E-state index contributed by atoms with van der Waals surface area (Å²) in [5.74, 6) is 2.01. The van der Waals surface area contributed by atoms with Crippen molar-refractivity contribution in [1.82, 2.24) is 20.2 Å². The number of rotatable bonds is 4. The number of aromatic nitrogens is 4. The lowest BCUT2D eigenvalue weighted by Crippen LogP contribution is -2.11. The van der Waals surface area contributed by atoms with Crippen molar-refractivity contribution in [2.24, 2.45) is 0 Å². The topological polar surface area (TPSA) is 83.6 Å². The lowest BCUT2D eigenvalue weighted by Gasteiger charge is -2.03. The van der Waals surface area contributed by atoms with Crippen molar-refractivity contribution in [3.05, 3.63) is 46.7 Å². The highest BCUT2D eigenvalue weighted by atomic mass is 32.1. The number of amides is 1. The van der Waals surface area contributed by atoms with Crippen LogP contribution >= 0.6 is 11.3 Å². The van der Waals surface area contributed by atoms with E-state index in [2.05, 4.69) is 25.5 Å². The maximum Gasteiger partial charge on any atom is 0.275 e. The van der Waals surface area contributed by atoms with Gasteiger partial charge in [-0.3, -0.25) is 9.89 Å². The van der Waals surface area contributed by atoms with Crippen molar-refractivity contribution in [2.45, 2.75) is 18.8 Å². The first-order valence-electron chi connectivity index (χ1n) is 7.02. The Bertz CT molecular complexity index is 790. The molecule has 0 spiro atoms. The zero-order chi connectivity index (χ0) is 14.9. The van der Waals surface area contributed by atoms with E-state index in [-0.39, 0.29) is 5.91 Å². The number of nitrogens with zero attached hydrogens (tertiary/aromatic N) is 3. The fourth-order valence-corrected chi connectivity index (χ4v) is 2.70. The van der Waals surface area contributed by atoms with Gasteiger partial charge in [0.2, 0.25) is 0 Å². The number of aromatic amines is 1. The molecule has 1 aliphatic carbocycles. The van der Waals surface area contributed by atoms with Crippen LogP contribution in [0.15, 0.2) is 35.2 Å². The highest BCUT2D eigenvalue weighted by molar-refractivity contribution is 7.07. The summed E-state index contributed by atoms with van der Waals surface area (Å²) in [6.45, 7) is 0. The number of nitrogens with one attached hydrogen (secondary N) is 2. The van der Waals surface area contributed by atoms with Crippen LogP contribution in [0.4, 0.5) is 5.69 Å². The van der Waals surface area contributed by atoms with Crippen LogP contribution in [0.2, 0.25) is 0 Å². The number of benzene rings is 1. The summed E-state index contributed by atoms with van der Waals surface area (Å²) in [6, 6.07) is 7.48. The summed E-state index contributed by atoms with van der Waals surface area (Å²) >= 11 is 1.40. The standard InChI is InChI=1S/C15H13N5OS/c21-15(12-7-22-8-16-12)17-11-5-3-10(4-6-11)14-18-13(19-20-14)9-1-2-9/h3-9H,1-2H2,(H,17,21)(H,18,19,20). The molecular formula is C15H13N5OS. The van der Waals surface area contributed by atoms with Gasteiger partial charge >= 0.3 is 0 Å². The molecule has 0 saturated heterocycles. The van der Waals surface area contributed by atoms with E-state index in [0.717, 1.165) is 17.1 Å². The van der Waals surface area contributed by atoms with Crippen molar-refractivity contribution in [3.63, 3.8) is 0 Å². The van der Waals surface area contributed by atoms with E-state index in [1.165, 1.54) is 24.2 Å². The van der Waals surface area contributed by atoms with Crippen LogP contribution in [0, 0.1) is 0 Å². The number of hydrogen-bond donors (Lipinski definition) is 2. The van der Waals surface area contributed by atoms with E-state index >= 15 is 0 Å². The van der Waals surface area contributed by atoms with Crippen LogP contribution in [0.25, 0.3) is 11.4 Å². The summed E-state index contributed by atoms with van der Waals surface area (Å²) in [7, 11) is 0. The minimum Gasteiger partial charge on any atom is -0.321 e. The summed E-state index contributed by atoms with van der Waals surface area (Å²) in [4.78, 5) is 20.4. The molecule has 3 aromatic rings. The Labute approximate surface area is 130 Å². The highest BCUT2D eigenvalue weighted by Gasteiger charge is 2.27. The lowest BCUT2D eigenvalue weighted by molar-refractivity contribution is 0.102. The molecule has 4 rings (SSSR count). The van der Waals surface area contributed by atoms with Crippen molar-refractivity contribution in [1.29, 1.82) is 0 Å². The van der Waals surface area contributed by atoms with E-state index in [4.69, 9.17) is 0 Å². The first-order chi connectivity index (χ1) is 10.8. The van der Waals surface area contributed by atoms with Crippen molar-refractivity contribution in [2.75, 3.05) is 5.32 Å². The summed E-state index contributed by atoms with van der Waals surface area (Å²) < 4.78 is 0. The third-order valence-corrected chi connectivity index (χ3v) is 4.12. The number of carbonyl (C=O) groups is 1. The number of carbonyl (C=O) groups excluding carboxylic acids is 1. The van der Waals surface area contributed by atoms with Gasteiger partial charge in [-0.05, 0) is 37.1 Å². The third-order valence-electron chi connectivity index (χ3n) is 3.53. The van der Waals surface area contributed by atoms with Crippen molar-refractivity contribution in [3.8, 4) is 11.4 Å². The van der Waals surface area contributed by atoms with Gasteiger partial charge in [0, 0.05) is 22.5 Å². The van der Waals surface area contributed by atoms with Crippen LogP contribution in [-0.4, -0.2) is 26.1 Å². The average Bonchev–Trinajstić information content (AvgIpc) is 3.05. The Morgan fingerprint density at radius 1 is 1.27 bits per heavy atom.